The van der Waals surface area contributed by atoms with Crippen LogP contribution in [0.15, 0.2) is 54.6 Å². The predicted octanol–water partition coefficient (Wildman–Crippen LogP) is 3.66. The summed E-state index contributed by atoms with van der Waals surface area (Å²) in [6.45, 7) is 7.88. The molecule has 1 N–H and O–H groups in total. The highest BCUT2D eigenvalue weighted by molar-refractivity contribution is 5.90. The van der Waals surface area contributed by atoms with E-state index in [9.17, 15) is 4.79 Å². The van der Waals surface area contributed by atoms with Gasteiger partial charge in [-0.1, -0.05) is 36.4 Å². The number of carbonyl (C=O) groups excluding carboxylic acids is 1. The minimum absolute atomic E-state index is 0.0838. The Morgan fingerprint density at radius 1 is 1.07 bits per heavy atom. The lowest BCUT2D eigenvalue weighted by Crippen LogP contribution is -2.46. The zero-order chi connectivity index (χ0) is 20.5. The number of nitrogens with zero attached hydrogens (tertiary/aromatic N) is 2. The van der Waals surface area contributed by atoms with Gasteiger partial charge >= 0.3 is 0 Å². The largest absolute Gasteiger partial charge is 0.497 e. The van der Waals surface area contributed by atoms with Gasteiger partial charge < -0.3 is 15.0 Å². The van der Waals surface area contributed by atoms with Crippen LogP contribution < -0.4 is 10.1 Å². The van der Waals surface area contributed by atoms with Crippen LogP contribution >= 0.6 is 0 Å². The van der Waals surface area contributed by atoms with E-state index in [1.165, 1.54) is 5.56 Å². The summed E-state index contributed by atoms with van der Waals surface area (Å²) in [7, 11) is 1.68. The molecule has 0 spiro atoms. The van der Waals surface area contributed by atoms with Crippen LogP contribution in [-0.4, -0.2) is 62.1 Å². The second kappa shape index (κ2) is 10.8. The maximum Gasteiger partial charge on any atom is 0.225 e. The molecular formula is C24H31N3O2. The number of ether oxygens (including phenoxy) is 1. The Kier molecular flexibility index (Phi) is 7.85. The average molecular weight is 394 g/mol. The Balaban J connectivity index is 1.33. The number of hydrogen-bond acceptors (Lipinski definition) is 4. The fraction of sp³-hybridized carbons (Fsp3) is 0.375. The Morgan fingerprint density at radius 2 is 1.79 bits per heavy atom. The van der Waals surface area contributed by atoms with E-state index in [0.29, 0.717) is 6.42 Å². The van der Waals surface area contributed by atoms with Gasteiger partial charge in [0.05, 0.1) is 7.11 Å². The maximum absolute atomic E-state index is 12.2. The van der Waals surface area contributed by atoms with Gasteiger partial charge in [0.25, 0.3) is 0 Å². The van der Waals surface area contributed by atoms with Crippen LogP contribution in [0.4, 0.5) is 5.69 Å². The molecule has 1 saturated heterocycles. The van der Waals surface area contributed by atoms with Gasteiger partial charge in [0.15, 0.2) is 0 Å². The highest BCUT2D eigenvalue weighted by Gasteiger charge is 2.16. The molecule has 2 aromatic rings. The summed E-state index contributed by atoms with van der Waals surface area (Å²) in [5, 5.41) is 2.99. The quantitative estimate of drug-likeness (QED) is 0.743. The molecule has 0 aromatic heterocycles. The smallest absolute Gasteiger partial charge is 0.225 e. The highest BCUT2D eigenvalue weighted by Crippen LogP contribution is 2.13. The first kappa shape index (κ1) is 21.1. The highest BCUT2D eigenvalue weighted by atomic mass is 16.5. The molecule has 1 aliphatic heterocycles. The average Bonchev–Trinajstić information content (AvgIpc) is 2.74. The summed E-state index contributed by atoms with van der Waals surface area (Å²) in [5.41, 5.74) is 3.22. The van der Waals surface area contributed by atoms with Gasteiger partial charge in [-0.15, -0.1) is 0 Å². The van der Waals surface area contributed by atoms with Crippen LogP contribution in [0.2, 0.25) is 0 Å². The van der Waals surface area contributed by atoms with E-state index < -0.39 is 0 Å². The molecular weight excluding hydrogens is 362 g/mol. The number of rotatable bonds is 8. The van der Waals surface area contributed by atoms with E-state index in [4.69, 9.17) is 4.74 Å². The molecule has 0 unspecified atom stereocenters. The lowest BCUT2D eigenvalue weighted by atomic mass is 10.2. The van der Waals surface area contributed by atoms with Crippen LogP contribution in [-0.2, 0) is 4.79 Å². The lowest BCUT2D eigenvalue weighted by molar-refractivity contribution is -0.116. The molecule has 0 saturated carbocycles. The SMILES string of the molecule is COc1ccc(C=CCN2CCN(CCC(=O)Nc3cccc(C)c3)CC2)cc1. The molecule has 29 heavy (non-hydrogen) atoms. The normalized spacial score (nSPS) is 15.5. The summed E-state index contributed by atoms with van der Waals surface area (Å²) in [6.07, 6.45) is 4.90. The van der Waals surface area contributed by atoms with E-state index >= 15 is 0 Å². The van der Waals surface area contributed by atoms with Gasteiger partial charge in [-0.3, -0.25) is 9.69 Å². The van der Waals surface area contributed by atoms with Gasteiger partial charge in [-0.2, -0.15) is 0 Å². The molecule has 0 aliphatic carbocycles. The number of methoxy groups -OCH3 is 1. The molecule has 1 aliphatic rings. The first-order valence-corrected chi connectivity index (χ1v) is 10.2. The Hall–Kier alpha value is -2.63. The second-order valence-corrected chi connectivity index (χ2v) is 7.49. The third-order valence-electron chi connectivity index (χ3n) is 5.21. The number of carbonyl (C=O) groups is 1. The Morgan fingerprint density at radius 3 is 2.48 bits per heavy atom. The topological polar surface area (TPSA) is 44.8 Å². The number of aryl methyl sites for hydroxylation is 1. The number of anilines is 1. The monoisotopic (exact) mass is 393 g/mol. The Labute approximate surface area is 174 Å². The van der Waals surface area contributed by atoms with Crippen molar-refractivity contribution in [1.82, 2.24) is 9.80 Å². The van der Waals surface area contributed by atoms with Crippen LogP contribution in [0.25, 0.3) is 6.08 Å². The molecule has 154 valence electrons. The molecule has 1 fully saturated rings. The van der Waals surface area contributed by atoms with Crippen molar-refractivity contribution in [2.45, 2.75) is 13.3 Å². The minimum atomic E-state index is 0.0838. The van der Waals surface area contributed by atoms with Crippen LogP contribution in [0.1, 0.15) is 17.5 Å². The van der Waals surface area contributed by atoms with Gasteiger partial charge in [0.2, 0.25) is 5.91 Å². The van der Waals surface area contributed by atoms with Crippen molar-refractivity contribution in [1.29, 1.82) is 0 Å². The van der Waals surface area contributed by atoms with Gasteiger partial charge in [0, 0.05) is 51.4 Å². The summed E-state index contributed by atoms with van der Waals surface area (Å²) < 4.78 is 5.19. The van der Waals surface area contributed by atoms with Crippen molar-refractivity contribution in [2.24, 2.45) is 0 Å². The maximum atomic E-state index is 12.2. The molecule has 0 atom stereocenters. The first-order valence-electron chi connectivity index (χ1n) is 10.2. The van der Waals surface area contributed by atoms with Gasteiger partial charge in [0.1, 0.15) is 5.75 Å². The van der Waals surface area contributed by atoms with Crippen molar-refractivity contribution in [3.05, 3.63) is 65.7 Å². The van der Waals surface area contributed by atoms with Crippen molar-refractivity contribution in [3.63, 3.8) is 0 Å². The van der Waals surface area contributed by atoms with Crippen molar-refractivity contribution in [2.75, 3.05) is 51.7 Å². The van der Waals surface area contributed by atoms with E-state index in [0.717, 1.165) is 56.3 Å². The summed E-state index contributed by atoms with van der Waals surface area (Å²) in [5.74, 6) is 0.964. The molecule has 0 bridgehead atoms. The van der Waals surface area contributed by atoms with Crippen molar-refractivity contribution >= 4 is 17.7 Å². The first-order chi connectivity index (χ1) is 14.1. The van der Waals surface area contributed by atoms with Crippen LogP contribution in [0.5, 0.6) is 5.75 Å². The standard InChI is InChI=1S/C24H31N3O2/c1-20-5-3-7-22(19-20)25-24(28)12-14-27-17-15-26(16-18-27)13-4-6-21-8-10-23(29-2)11-9-21/h3-11,19H,12-18H2,1-2H3,(H,25,28). The summed E-state index contributed by atoms with van der Waals surface area (Å²) >= 11 is 0. The molecule has 5 nitrogen and oxygen atoms in total. The number of benzene rings is 2. The number of piperazine rings is 1. The lowest BCUT2D eigenvalue weighted by Gasteiger charge is -2.34. The number of amides is 1. The molecule has 1 amide bonds. The molecule has 1 heterocycles. The van der Waals surface area contributed by atoms with Crippen LogP contribution in [0, 0.1) is 6.92 Å². The third-order valence-corrected chi connectivity index (χ3v) is 5.21. The summed E-state index contributed by atoms with van der Waals surface area (Å²) in [6, 6.07) is 16.0. The minimum Gasteiger partial charge on any atom is -0.497 e. The van der Waals surface area contributed by atoms with Gasteiger partial charge in [-0.25, -0.2) is 0 Å². The number of hydrogen-bond donors (Lipinski definition) is 1. The third kappa shape index (κ3) is 7.04. The van der Waals surface area contributed by atoms with Gasteiger partial charge in [-0.05, 0) is 42.3 Å². The van der Waals surface area contributed by atoms with Crippen molar-refractivity contribution < 1.29 is 9.53 Å². The van der Waals surface area contributed by atoms with E-state index in [-0.39, 0.29) is 5.91 Å². The zero-order valence-corrected chi connectivity index (χ0v) is 17.4. The summed E-state index contributed by atoms with van der Waals surface area (Å²) in [4.78, 5) is 17.0. The predicted molar refractivity (Wildman–Crippen MR) is 119 cm³/mol. The van der Waals surface area contributed by atoms with Crippen LogP contribution in [0.3, 0.4) is 0 Å². The van der Waals surface area contributed by atoms with E-state index in [1.54, 1.807) is 7.11 Å². The fourth-order valence-electron chi connectivity index (χ4n) is 3.45. The molecule has 5 heteroatoms. The Bertz CT molecular complexity index is 809. The second-order valence-electron chi connectivity index (χ2n) is 7.49. The van der Waals surface area contributed by atoms with Crippen molar-refractivity contribution in [3.8, 4) is 5.75 Å². The van der Waals surface area contributed by atoms with E-state index in [1.807, 2.05) is 43.3 Å². The molecule has 0 radical (unpaired) electrons. The molecule has 2 aromatic carbocycles. The number of nitrogens with one attached hydrogen (secondary N) is 1. The molecule has 3 rings (SSSR count). The van der Waals surface area contributed by atoms with E-state index in [2.05, 4.69) is 39.4 Å². The zero-order valence-electron chi connectivity index (χ0n) is 17.4. The fourth-order valence-corrected chi connectivity index (χ4v) is 3.45.